The van der Waals surface area contributed by atoms with Crippen molar-refractivity contribution in [2.75, 3.05) is 18.9 Å². The van der Waals surface area contributed by atoms with Gasteiger partial charge in [0.25, 0.3) is 0 Å². The lowest BCUT2D eigenvalue weighted by atomic mass is 9.87. The SMILES string of the molecule is CC(C)(COP(=O)(O)O)[C@@H](O)C(=O)NCCC(=O)N[C@@](C)(CS)C(=O)O. The van der Waals surface area contributed by atoms with Crippen molar-refractivity contribution < 1.29 is 43.5 Å². The molecule has 2 atom stereocenters. The monoisotopic (exact) mass is 416 g/mol. The Morgan fingerprint density at radius 1 is 1.23 bits per heavy atom. The third-order valence-electron chi connectivity index (χ3n) is 3.45. The Bertz CT molecular complexity index is 580. The van der Waals surface area contributed by atoms with Gasteiger partial charge in [-0.1, -0.05) is 13.8 Å². The van der Waals surface area contributed by atoms with Crippen LogP contribution in [0.15, 0.2) is 0 Å². The van der Waals surface area contributed by atoms with Crippen LogP contribution in [0.1, 0.15) is 27.2 Å². The number of rotatable bonds is 11. The second kappa shape index (κ2) is 9.67. The second-order valence-electron chi connectivity index (χ2n) is 6.54. The van der Waals surface area contributed by atoms with Crippen LogP contribution < -0.4 is 10.6 Å². The van der Waals surface area contributed by atoms with E-state index in [2.05, 4.69) is 27.8 Å². The van der Waals surface area contributed by atoms with Gasteiger partial charge in [0.05, 0.1) is 6.61 Å². The normalized spacial score (nSPS) is 15.7. The predicted octanol–water partition coefficient (Wildman–Crippen LogP) is -1.12. The van der Waals surface area contributed by atoms with Gasteiger partial charge in [-0.3, -0.25) is 14.1 Å². The molecule has 13 heteroatoms. The molecule has 2 amide bonds. The standard InChI is InChI=1S/C13H25N2O9PS/c1-12(2,6-24-25(21,22)23)9(17)10(18)14-5-4-8(16)15-13(3,7-26)11(19)20/h9,17,26H,4-7H2,1-3H3,(H,14,18)(H,15,16)(H,19,20)(H2,21,22,23)/t9-,13-/m0/s1. The molecule has 11 nitrogen and oxygen atoms in total. The molecule has 0 aromatic heterocycles. The molecule has 0 aliphatic rings. The molecule has 0 unspecified atom stereocenters. The molecule has 0 aliphatic carbocycles. The molecular formula is C13H25N2O9PS. The number of aliphatic hydroxyl groups is 1. The fraction of sp³-hybridized carbons (Fsp3) is 0.769. The molecule has 0 spiro atoms. The van der Waals surface area contributed by atoms with Crippen LogP contribution in [0.2, 0.25) is 0 Å². The van der Waals surface area contributed by atoms with Crippen molar-refractivity contribution in [3.8, 4) is 0 Å². The first-order chi connectivity index (χ1) is 11.6. The Kier molecular flexibility index (Phi) is 9.24. The smallest absolute Gasteiger partial charge is 0.469 e. The van der Waals surface area contributed by atoms with Crippen LogP contribution in [0.25, 0.3) is 0 Å². The molecule has 26 heavy (non-hydrogen) atoms. The molecule has 0 aromatic carbocycles. The van der Waals surface area contributed by atoms with Crippen molar-refractivity contribution in [2.24, 2.45) is 5.41 Å². The summed E-state index contributed by atoms with van der Waals surface area (Å²) in [5.41, 5.74) is -2.85. The first-order valence-electron chi connectivity index (χ1n) is 7.46. The summed E-state index contributed by atoms with van der Waals surface area (Å²) in [6.07, 6.45) is -1.90. The lowest BCUT2D eigenvalue weighted by molar-refractivity contribution is -0.145. The van der Waals surface area contributed by atoms with E-state index in [0.717, 1.165) is 0 Å². The largest absolute Gasteiger partial charge is 0.479 e. The molecule has 0 aliphatic heterocycles. The molecule has 0 saturated carbocycles. The highest BCUT2D eigenvalue weighted by Crippen LogP contribution is 2.38. The zero-order chi connectivity index (χ0) is 20.8. The number of aliphatic hydroxyl groups excluding tert-OH is 1. The fourth-order valence-electron chi connectivity index (χ4n) is 1.61. The number of hydrogen-bond donors (Lipinski definition) is 7. The summed E-state index contributed by atoms with van der Waals surface area (Å²) in [7, 11) is -4.75. The topological polar surface area (TPSA) is 182 Å². The van der Waals surface area contributed by atoms with E-state index in [-0.39, 0.29) is 18.7 Å². The van der Waals surface area contributed by atoms with E-state index >= 15 is 0 Å². The van der Waals surface area contributed by atoms with Gasteiger partial charge in [0, 0.05) is 24.1 Å². The zero-order valence-electron chi connectivity index (χ0n) is 14.6. The Morgan fingerprint density at radius 3 is 2.19 bits per heavy atom. The zero-order valence-corrected chi connectivity index (χ0v) is 16.4. The van der Waals surface area contributed by atoms with E-state index in [1.807, 2.05) is 0 Å². The van der Waals surface area contributed by atoms with Gasteiger partial charge in [0.2, 0.25) is 11.8 Å². The van der Waals surface area contributed by atoms with Crippen LogP contribution in [0.4, 0.5) is 0 Å². The number of hydrogen-bond acceptors (Lipinski definition) is 7. The van der Waals surface area contributed by atoms with E-state index in [1.165, 1.54) is 20.8 Å². The predicted molar refractivity (Wildman–Crippen MR) is 93.4 cm³/mol. The maximum absolute atomic E-state index is 11.9. The van der Waals surface area contributed by atoms with Crippen LogP contribution in [0, 0.1) is 5.41 Å². The van der Waals surface area contributed by atoms with Crippen molar-refractivity contribution >= 4 is 38.2 Å². The molecule has 0 aromatic rings. The molecule has 0 heterocycles. The molecule has 152 valence electrons. The lowest BCUT2D eigenvalue weighted by Crippen LogP contribution is -2.54. The first kappa shape index (κ1) is 24.8. The van der Waals surface area contributed by atoms with Crippen LogP contribution in [0.5, 0.6) is 0 Å². The highest BCUT2D eigenvalue weighted by Gasteiger charge is 2.36. The number of thiol groups is 1. The van der Waals surface area contributed by atoms with Gasteiger partial charge in [0.1, 0.15) is 11.6 Å². The van der Waals surface area contributed by atoms with Crippen molar-refractivity contribution in [1.82, 2.24) is 10.6 Å². The summed E-state index contributed by atoms with van der Waals surface area (Å²) in [4.78, 5) is 52.1. The van der Waals surface area contributed by atoms with Gasteiger partial charge in [-0.25, -0.2) is 9.36 Å². The average molecular weight is 416 g/mol. The molecule has 0 radical (unpaired) electrons. The van der Waals surface area contributed by atoms with E-state index in [9.17, 15) is 24.1 Å². The number of phosphoric acid groups is 1. The van der Waals surface area contributed by atoms with Crippen LogP contribution in [-0.2, 0) is 23.5 Å². The summed E-state index contributed by atoms with van der Waals surface area (Å²) in [5, 5.41) is 23.6. The summed E-state index contributed by atoms with van der Waals surface area (Å²) in [6, 6.07) is 0. The molecule has 0 fully saturated rings. The van der Waals surface area contributed by atoms with Gasteiger partial charge in [-0.05, 0) is 6.92 Å². The number of carboxylic acids is 1. The van der Waals surface area contributed by atoms with E-state index in [0.29, 0.717) is 0 Å². The van der Waals surface area contributed by atoms with Gasteiger partial charge in [-0.15, -0.1) is 0 Å². The maximum atomic E-state index is 11.9. The van der Waals surface area contributed by atoms with Crippen LogP contribution in [0.3, 0.4) is 0 Å². The number of nitrogens with one attached hydrogen (secondary N) is 2. The molecule has 0 bridgehead atoms. The highest BCUT2D eigenvalue weighted by molar-refractivity contribution is 7.80. The maximum Gasteiger partial charge on any atom is 0.469 e. The summed E-state index contributed by atoms with van der Waals surface area (Å²) in [5.74, 6) is -2.89. The minimum Gasteiger partial charge on any atom is -0.479 e. The number of amides is 2. The molecular weight excluding hydrogens is 391 g/mol. The summed E-state index contributed by atoms with van der Waals surface area (Å²) >= 11 is 3.87. The van der Waals surface area contributed by atoms with Gasteiger partial charge < -0.3 is 30.6 Å². The Labute approximate surface area is 156 Å². The van der Waals surface area contributed by atoms with Gasteiger partial charge >= 0.3 is 13.8 Å². The fourth-order valence-corrected chi connectivity index (χ4v) is 2.33. The quantitative estimate of drug-likeness (QED) is 0.162. The van der Waals surface area contributed by atoms with Gasteiger partial charge in [-0.2, -0.15) is 12.6 Å². The van der Waals surface area contributed by atoms with Crippen molar-refractivity contribution in [3.63, 3.8) is 0 Å². The molecule has 0 saturated heterocycles. The summed E-state index contributed by atoms with van der Waals surface area (Å²) < 4.78 is 15.0. The van der Waals surface area contributed by atoms with Crippen molar-refractivity contribution in [1.29, 1.82) is 0 Å². The van der Waals surface area contributed by atoms with Crippen LogP contribution >= 0.6 is 20.5 Å². The van der Waals surface area contributed by atoms with Gasteiger partial charge in [0.15, 0.2) is 0 Å². The second-order valence-corrected chi connectivity index (χ2v) is 8.10. The number of aliphatic carboxylic acids is 1. The number of carbonyl (C=O) groups excluding carboxylic acids is 2. The minimum atomic E-state index is -4.75. The minimum absolute atomic E-state index is 0.132. The number of carboxylic acid groups (broad SMARTS) is 1. The molecule has 6 N–H and O–H groups in total. The lowest BCUT2D eigenvalue weighted by Gasteiger charge is -2.29. The van der Waals surface area contributed by atoms with E-state index in [4.69, 9.17) is 14.9 Å². The third kappa shape index (κ3) is 8.47. The first-order valence-corrected chi connectivity index (χ1v) is 9.62. The number of phosphoric ester groups is 1. The third-order valence-corrected chi connectivity index (χ3v) is 4.55. The van der Waals surface area contributed by atoms with E-state index < -0.39 is 49.3 Å². The molecule has 0 rings (SSSR count). The Hall–Kier alpha value is -1.17. The summed E-state index contributed by atoms with van der Waals surface area (Å²) in [6.45, 7) is 3.26. The van der Waals surface area contributed by atoms with Crippen molar-refractivity contribution in [3.05, 3.63) is 0 Å². The van der Waals surface area contributed by atoms with Crippen LogP contribution in [-0.4, -0.2) is 68.3 Å². The highest BCUT2D eigenvalue weighted by atomic mass is 32.1. The average Bonchev–Trinajstić information content (AvgIpc) is 2.51. The van der Waals surface area contributed by atoms with Crippen molar-refractivity contribution in [2.45, 2.75) is 38.8 Å². The number of carbonyl (C=O) groups is 3. The Balaban J connectivity index is 4.50. The van der Waals surface area contributed by atoms with E-state index in [1.54, 1.807) is 0 Å². The Morgan fingerprint density at radius 2 is 1.77 bits per heavy atom.